The molecule has 0 saturated carbocycles. The van der Waals surface area contributed by atoms with Crippen LogP contribution in [0, 0.1) is 0 Å². The van der Waals surface area contributed by atoms with Crippen LogP contribution >= 0.6 is 11.8 Å². The predicted molar refractivity (Wildman–Crippen MR) is 62.1 cm³/mol. The second kappa shape index (κ2) is 4.89. The number of nitrogens with zero attached hydrogens (tertiary/aromatic N) is 1. The molecule has 0 atom stereocenters. The van der Waals surface area contributed by atoms with E-state index in [-0.39, 0.29) is 0 Å². The zero-order chi connectivity index (χ0) is 10.5. The van der Waals surface area contributed by atoms with E-state index in [0.29, 0.717) is 0 Å². The van der Waals surface area contributed by atoms with Crippen LogP contribution in [0.3, 0.4) is 0 Å². The van der Waals surface area contributed by atoms with Crippen molar-refractivity contribution in [2.24, 2.45) is 0 Å². The van der Waals surface area contributed by atoms with E-state index in [1.165, 1.54) is 0 Å². The lowest BCUT2D eigenvalue weighted by molar-refractivity contribution is 0.564. The molecule has 2 aromatic heterocycles. The van der Waals surface area contributed by atoms with Crippen LogP contribution in [-0.2, 0) is 6.54 Å². The minimum atomic E-state index is 0.761. The molecule has 0 saturated heterocycles. The Morgan fingerprint density at radius 1 is 1.40 bits per heavy atom. The van der Waals surface area contributed by atoms with E-state index in [1.54, 1.807) is 24.3 Å². The number of pyridine rings is 1. The smallest absolute Gasteiger partial charge is 0.0958 e. The molecule has 0 aliphatic carbocycles. The lowest BCUT2D eigenvalue weighted by atomic mass is 10.3. The van der Waals surface area contributed by atoms with E-state index < -0.39 is 0 Å². The lowest BCUT2D eigenvalue weighted by Gasteiger charge is -2.04. The van der Waals surface area contributed by atoms with Gasteiger partial charge in [-0.15, -0.1) is 11.8 Å². The Hall–Kier alpha value is -1.42. The van der Waals surface area contributed by atoms with Crippen LogP contribution in [0.1, 0.15) is 5.56 Å². The van der Waals surface area contributed by atoms with Gasteiger partial charge in [0.15, 0.2) is 0 Å². The van der Waals surface area contributed by atoms with E-state index in [9.17, 15) is 0 Å². The van der Waals surface area contributed by atoms with Crippen LogP contribution in [0.25, 0.3) is 0 Å². The fourth-order valence-corrected chi connectivity index (χ4v) is 1.57. The van der Waals surface area contributed by atoms with Gasteiger partial charge in [0.1, 0.15) is 0 Å². The van der Waals surface area contributed by atoms with E-state index in [0.717, 1.165) is 22.8 Å². The van der Waals surface area contributed by atoms with Crippen molar-refractivity contribution in [3.05, 3.63) is 42.5 Å². The maximum atomic E-state index is 4.98. The molecule has 0 amide bonds. The second-order valence-electron chi connectivity index (χ2n) is 3.07. The molecule has 0 aromatic carbocycles. The number of anilines is 1. The van der Waals surface area contributed by atoms with E-state index in [2.05, 4.69) is 10.3 Å². The average molecular weight is 220 g/mol. The Morgan fingerprint density at radius 3 is 2.93 bits per heavy atom. The Morgan fingerprint density at radius 2 is 2.33 bits per heavy atom. The van der Waals surface area contributed by atoms with Gasteiger partial charge in [0.25, 0.3) is 0 Å². The van der Waals surface area contributed by atoms with Crippen LogP contribution < -0.4 is 5.32 Å². The number of thioether (sulfide) groups is 1. The highest BCUT2D eigenvalue weighted by atomic mass is 32.2. The molecule has 0 spiro atoms. The molecule has 15 heavy (non-hydrogen) atoms. The molecule has 0 aliphatic heterocycles. The Labute approximate surface area is 92.9 Å². The number of nitrogens with one attached hydrogen (secondary N) is 1. The number of rotatable bonds is 4. The summed E-state index contributed by atoms with van der Waals surface area (Å²) in [5.41, 5.74) is 2.15. The Kier molecular flexibility index (Phi) is 3.29. The van der Waals surface area contributed by atoms with Gasteiger partial charge in [-0.2, -0.15) is 0 Å². The van der Waals surface area contributed by atoms with E-state index in [1.807, 2.05) is 30.7 Å². The largest absolute Gasteiger partial charge is 0.472 e. The van der Waals surface area contributed by atoms with Gasteiger partial charge in [0.05, 0.1) is 29.4 Å². The number of hydrogen-bond donors (Lipinski definition) is 1. The molecule has 1 N–H and O–H groups in total. The summed E-state index contributed by atoms with van der Waals surface area (Å²) in [5, 5.41) is 4.30. The van der Waals surface area contributed by atoms with Gasteiger partial charge in [-0.05, 0) is 24.5 Å². The van der Waals surface area contributed by atoms with Crippen LogP contribution in [0.15, 0.2) is 46.4 Å². The molecular weight excluding hydrogens is 208 g/mol. The summed E-state index contributed by atoms with van der Waals surface area (Å²) >= 11 is 1.64. The molecule has 78 valence electrons. The van der Waals surface area contributed by atoms with Crippen LogP contribution in [-0.4, -0.2) is 11.2 Å². The third-order valence-electron chi connectivity index (χ3n) is 2.02. The summed E-state index contributed by atoms with van der Waals surface area (Å²) in [7, 11) is 0. The normalized spacial score (nSPS) is 10.2. The first-order valence-electron chi connectivity index (χ1n) is 4.63. The molecular formula is C11H12N2OS. The molecule has 3 nitrogen and oxygen atoms in total. The SMILES string of the molecule is CSc1ccc(NCc2ccoc2)cn1. The maximum absolute atomic E-state index is 4.98. The summed E-state index contributed by atoms with van der Waals surface area (Å²) in [6.07, 6.45) is 7.26. The number of furan rings is 1. The molecule has 2 heterocycles. The van der Waals surface area contributed by atoms with Crippen molar-refractivity contribution in [3.8, 4) is 0 Å². The minimum Gasteiger partial charge on any atom is -0.472 e. The van der Waals surface area contributed by atoms with E-state index in [4.69, 9.17) is 4.42 Å². The van der Waals surface area contributed by atoms with Crippen LogP contribution in [0.5, 0.6) is 0 Å². The second-order valence-corrected chi connectivity index (χ2v) is 3.90. The van der Waals surface area contributed by atoms with Crippen molar-refractivity contribution in [3.63, 3.8) is 0 Å². The Balaban J connectivity index is 1.93. The van der Waals surface area contributed by atoms with Gasteiger partial charge in [0.2, 0.25) is 0 Å². The summed E-state index contributed by atoms with van der Waals surface area (Å²) < 4.78 is 4.98. The topological polar surface area (TPSA) is 38.1 Å². The zero-order valence-electron chi connectivity index (χ0n) is 8.43. The molecule has 2 aromatic rings. The van der Waals surface area contributed by atoms with Crippen molar-refractivity contribution in [1.29, 1.82) is 0 Å². The molecule has 0 bridgehead atoms. The zero-order valence-corrected chi connectivity index (χ0v) is 9.25. The summed E-state index contributed by atoms with van der Waals surface area (Å²) in [6, 6.07) is 5.97. The number of aromatic nitrogens is 1. The van der Waals surface area contributed by atoms with Crippen molar-refractivity contribution < 1.29 is 4.42 Å². The van der Waals surface area contributed by atoms with Gasteiger partial charge in [-0.1, -0.05) is 0 Å². The van der Waals surface area contributed by atoms with Gasteiger partial charge in [0, 0.05) is 12.1 Å². The first-order chi connectivity index (χ1) is 7.38. The molecule has 0 radical (unpaired) electrons. The highest BCUT2D eigenvalue weighted by Gasteiger charge is 1.96. The number of hydrogen-bond acceptors (Lipinski definition) is 4. The third kappa shape index (κ3) is 2.76. The summed E-state index contributed by atoms with van der Waals surface area (Å²) in [6.45, 7) is 0.761. The molecule has 0 unspecified atom stereocenters. The van der Waals surface area contributed by atoms with Crippen LogP contribution in [0.2, 0.25) is 0 Å². The minimum absolute atomic E-state index is 0.761. The standard InChI is InChI=1S/C11H12N2OS/c1-15-11-3-2-10(7-13-11)12-6-9-4-5-14-8-9/h2-5,7-8,12H,6H2,1H3. The molecule has 4 heteroatoms. The maximum Gasteiger partial charge on any atom is 0.0958 e. The summed E-state index contributed by atoms with van der Waals surface area (Å²) in [4.78, 5) is 4.27. The van der Waals surface area contributed by atoms with Gasteiger partial charge in [-0.3, -0.25) is 0 Å². The molecule has 2 rings (SSSR count). The highest BCUT2D eigenvalue weighted by molar-refractivity contribution is 7.98. The third-order valence-corrected chi connectivity index (χ3v) is 2.68. The fourth-order valence-electron chi connectivity index (χ4n) is 1.20. The van der Waals surface area contributed by atoms with Gasteiger partial charge < -0.3 is 9.73 Å². The van der Waals surface area contributed by atoms with Gasteiger partial charge in [-0.25, -0.2) is 4.98 Å². The molecule has 0 aliphatic rings. The Bertz CT molecular complexity index is 397. The van der Waals surface area contributed by atoms with Crippen molar-refractivity contribution in [2.45, 2.75) is 11.6 Å². The van der Waals surface area contributed by atoms with Crippen molar-refractivity contribution in [2.75, 3.05) is 11.6 Å². The van der Waals surface area contributed by atoms with Crippen molar-refractivity contribution in [1.82, 2.24) is 4.98 Å². The first kappa shape index (κ1) is 10.1. The first-order valence-corrected chi connectivity index (χ1v) is 5.86. The lowest BCUT2D eigenvalue weighted by Crippen LogP contribution is -1.98. The van der Waals surface area contributed by atoms with Gasteiger partial charge >= 0.3 is 0 Å². The fraction of sp³-hybridized carbons (Fsp3) is 0.182. The van der Waals surface area contributed by atoms with Crippen LogP contribution in [0.4, 0.5) is 5.69 Å². The molecule has 0 fully saturated rings. The highest BCUT2D eigenvalue weighted by Crippen LogP contribution is 2.14. The summed E-state index contributed by atoms with van der Waals surface area (Å²) in [5.74, 6) is 0. The van der Waals surface area contributed by atoms with Crippen molar-refractivity contribution >= 4 is 17.4 Å². The monoisotopic (exact) mass is 220 g/mol. The average Bonchev–Trinajstić information content (AvgIpc) is 2.80. The predicted octanol–water partition coefficient (Wildman–Crippen LogP) is 3.01. The van der Waals surface area contributed by atoms with E-state index >= 15 is 0 Å². The quantitative estimate of drug-likeness (QED) is 0.804.